The summed E-state index contributed by atoms with van der Waals surface area (Å²) in [5.74, 6) is 0. The van der Waals surface area contributed by atoms with Crippen LogP contribution in [-0.2, 0) is 19.5 Å². The molecule has 2 N–H and O–H groups in total. The molecule has 0 amide bonds. The summed E-state index contributed by atoms with van der Waals surface area (Å²) >= 11 is 0. The molecular weight excluding hydrogens is 220 g/mol. The van der Waals surface area contributed by atoms with Gasteiger partial charge in [-0.05, 0) is 41.3 Å². The first kappa shape index (κ1) is 11.1. The van der Waals surface area contributed by atoms with E-state index in [1.165, 1.54) is 22.4 Å². The summed E-state index contributed by atoms with van der Waals surface area (Å²) in [7, 11) is 0. The standard InChI is InChI=1S/C16H18N2/c1-2-12-5-3-4-6-16(12)18-10-13-7-8-15(17)9-14(13)11-18/h3-9H,2,10-11,17H2,1H3. The third-order valence-electron chi connectivity index (χ3n) is 3.67. The van der Waals surface area contributed by atoms with Gasteiger partial charge in [-0.15, -0.1) is 0 Å². The van der Waals surface area contributed by atoms with Crippen LogP contribution >= 0.6 is 0 Å². The molecule has 3 rings (SSSR count). The SMILES string of the molecule is CCc1ccccc1N1Cc2ccc(N)cc2C1. The Morgan fingerprint density at radius 2 is 1.83 bits per heavy atom. The first-order chi connectivity index (χ1) is 8.78. The summed E-state index contributed by atoms with van der Waals surface area (Å²) in [6.45, 7) is 4.17. The van der Waals surface area contributed by atoms with Gasteiger partial charge < -0.3 is 10.6 Å². The van der Waals surface area contributed by atoms with Crippen molar-refractivity contribution < 1.29 is 0 Å². The molecule has 1 heterocycles. The topological polar surface area (TPSA) is 29.3 Å². The molecule has 0 atom stereocenters. The normalized spacial score (nSPS) is 13.7. The summed E-state index contributed by atoms with van der Waals surface area (Å²) in [4.78, 5) is 2.43. The molecule has 0 saturated carbocycles. The molecule has 92 valence electrons. The van der Waals surface area contributed by atoms with Gasteiger partial charge in [-0.25, -0.2) is 0 Å². The first-order valence-corrected chi connectivity index (χ1v) is 6.48. The summed E-state index contributed by atoms with van der Waals surface area (Å²) in [6, 6.07) is 14.9. The number of nitrogen functional groups attached to an aromatic ring is 1. The van der Waals surface area contributed by atoms with Gasteiger partial charge in [0.1, 0.15) is 0 Å². The van der Waals surface area contributed by atoms with Crippen molar-refractivity contribution in [2.24, 2.45) is 0 Å². The Kier molecular flexibility index (Phi) is 2.71. The van der Waals surface area contributed by atoms with Crippen molar-refractivity contribution >= 4 is 11.4 Å². The van der Waals surface area contributed by atoms with Crippen LogP contribution in [0.1, 0.15) is 23.6 Å². The lowest BCUT2D eigenvalue weighted by Gasteiger charge is -2.20. The fraction of sp³-hybridized carbons (Fsp3) is 0.250. The number of hydrogen-bond donors (Lipinski definition) is 1. The summed E-state index contributed by atoms with van der Waals surface area (Å²) in [5.41, 5.74) is 12.2. The largest absolute Gasteiger partial charge is 0.399 e. The molecule has 1 aliphatic heterocycles. The first-order valence-electron chi connectivity index (χ1n) is 6.48. The molecular formula is C16H18N2. The van der Waals surface area contributed by atoms with Crippen molar-refractivity contribution in [2.75, 3.05) is 10.6 Å². The fourth-order valence-electron chi connectivity index (χ4n) is 2.70. The Hall–Kier alpha value is -1.96. The number of fused-ring (bicyclic) bond motifs is 1. The van der Waals surface area contributed by atoms with Crippen LogP contribution in [-0.4, -0.2) is 0 Å². The molecule has 0 spiro atoms. The molecule has 2 nitrogen and oxygen atoms in total. The molecule has 0 aliphatic carbocycles. The zero-order valence-electron chi connectivity index (χ0n) is 10.7. The highest BCUT2D eigenvalue weighted by atomic mass is 15.1. The Bertz CT molecular complexity index is 575. The van der Waals surface area contributed by atoms with E-state index in [4.69, 9.17) is 5.73 Å². The third-order valence-corrected chi connectivity index (χ3v) is 3.67. The molecule has 0 bridgehead atoms. The number of hydrogen-bond acceptors (Lipinski definition) is 2. The van der Waals surface area contributed by atoms with Crippen LogP contribution < -0.4 is 10.6 Å². The lowest BCUT2D eigenvalue weighted by atomic mass is 10.1. The maximum absolute atomic E-state index is 5.85. The molecule has 2 aromatic carbocycles. The van der Waals surface area contributed by atoms with Crippen LogP contribution in [0.4, 0.5) is 11.4 Å². The number of nitrogens with zero attached hydrogens (tertiary/aromatic N) is 1. The van der Waals surface area contributed by atoms with E-state index in [0.29, 0.717) is 0 Å². The minimum Gasteiger partial charge on any atom is -0.399 e. The van der Waals surface area contributed by atoms with Crippen molar-refractivity contribution in [1.82, 2.24) is 0 Å². The van der Waals surface area contributed by atoms with Crippen molar-refractivity contribution in [3.8, 4) is 0 Å². The smallest absolute Gasteiger partial charge is 0.0437 e. The van der Waals surface area contributed by atoms with E-state index < -0.39 is 0 Å². The number of benzene rings is 2. The van der Waals surface area contributed by atoms with Crippen LogP contribution in [0.2, 0.25) is 0 Å². The van der Waals surface area contributed by atoms with Gasteiger partial charge in [0.2, 0.25) is 0 Å². The highest BCUT2D eigenvalue weighted by Gasteiger charge is 2.20. The van der Waals surface area contributed by atoms with E-state index in [0.717, 1.165) is 25.2 Å². The van der Waals surface area contributed by atoms with Crippen LogP contribution in [0, 0.1) is 0 Å². The van der Waals surface area contributed by atoms with E-state index in [1.54, 1.807) is 0 Å². The average molecular weight is 238 g/mol. The van der Waals surface area contributed by atoms with E-state index in [-0.39, 0.29) is 0 Å². The van der Waals surface area contributed by atoms with Gasteiger partial charge >= 0.3 is 0 Å². The fourth-order valence-corrected chi connectivity index (χ4v) is 2.70. The maximum atomic E-state index is 5.85. The molecule has 2 heteroatoms. The van der Waals surface area contributed by atoms with Crippen molar-refractivity contribution in [1.29, 1.82) is 0 Å². The predicted octanol–water partition coefficient (Wildman–Crippen LogP) is 3.35. The van der Waals surface area contributed by atoms with E-state index in [9.17, 15) is 0 Å². The number of nitrogens with two attached hydrogens (primary N) is 1. The molecule has 1 aliphatic rings. The van der Waals surface area contributed by atoms with E-state index in [1.807, 2.05) is 6.07 Å². The second-order valence-electron chi connectivity index (χ2n) is 4.87. The van der Waals surface area contributed by atoms with Gasteiger partial charge in [0.15, 0.2) is 0 Å². The predicted molar refractivity (Wildman–Crippen MR) is 76.6 cm³/mol. The highest BCUT2D eigenvalue weighted by Crippen LogP contribution is 2.31. The third kappa shape index (κ3) is 1.84. The lowest BCUT2D eigenvalue weighted by Crippen LogP contribution is -2.16. The highest BCUT2D eigenvalue weighted by molar-refractivity contribution is 5.58. The van der Waals surface area contributed by atoms with Crippen LogP contribution in [0.15, 0.2) is 42.5 Å². The molecule has 2 aromatic rings. The number of anilines is 2. The van der Waals surface area contributed by atoms with Gasteiger partial charge in [-0.3, -0.25) is 0 Å². The zero-order valence-corrected chi connectivity index (χ0v) is 10.7. The lowest BCUT2D eigenvalue weighted by molar-refractivity contribution is 0.868. The van der Waals surface area contributed by atoms with Crippen LogP contribution in [0.3, 0.4) is 0 Å². The van der Waals surface area contributed by atoms with E-state index in [2.05, 4.69) is 48.2 Å². The summed E-state index contributed by atoms with van der Waals surface area (Å²) in [6.07, 6.45) is 1.07. The maximum Gasteiger partial charge on any atom is 0.0437 e. The number of aryl methyl sites for hydroxylation is 1. The number of rotatable bonds is 2. The van der Waals surface area contributed by atoms with Gasteiger partial charge in [0, 0.05) is 24.5 Å². The summed E-state index contributed by atoms with van der Waals surface area (Å²) in [5, 5.41) is 0. The van der Waals surface area contributed by atoms with E-state index >= 15 is 0 Å². The molecule has 0 saturated heterocycles. The van der Waals surface area contributed by atoms with Crippen LogP contribution in [0.5, 0.6) is 0 Å². The Balaban J connectivity index is 1.93. The minimum absolute atomic E-state index is 0.861. The molecule has 0 unspecified atom stereocenters. The van der Waals surface area contributed by atoms with Crippen molar-refractivity contribution in [3.05, 3.63) is 59.2 Å². The minimum atomic E-state index is 0.861. The average Bonchev–Trinajstić information content (AvgIpc) is 2.81. The molecule has 0 aromatic heterocycles. The second kappa shape index (κ2) is 4.37. The number of para-hydroxylation sites is 1. The zero-order chi connectivity index (χ0) is 12.5. The van der Waals surface area contributed by atoms with Gasteiger partial charge in [0.05, 0.1) is 0 Å². The molecule has 0 fully saturated rings. The van der Waals surface area contributed by atoms with Crippen molar-refractivity contribution in [3.63, 3.8) is 0 Å². The van der Waals surface area contributed by atoms with Gasteiger partial charge in [0.25, 0.3) is 0 Å². The Labute approximate surface area is 108 Å². The molecule has 0 radical (unpaired) electrons. The molecule has 18 heavy (non-hydrogen) atoms. The monoisotopic (exact) mass is 238 g/mol. The summed E-state index contributed by atoms with van der Waals surface area (Å²) < 4.78 is 0. The van der Waals surface area contributed by atoms with Gasteiger partial charge in [-0.2, -0.15) is 0 Å². The Morgan fingerprint density at radius 3 is 2.67 bits per heavy atom. The van der Waals surface area contributed by atoms with Gasteiger partial charge in [-0.1, -0.05) is 31.2 Å². The quantitative estimate of drug-likeness (QED) is 0.813. The second-order valence-corrected chi connectivity index (χ2v) is 4.87. The Morgan fingerprint density at radius 1 is 1.06 bits per heavy atom. The van der Waals surface area contributed by atoms with Crippen molar-refractivity contribution in [2.45, 2.75) is 26.4 Å². The van der Waals surface area contributed by atoms with Crippen LogP contribution in [0.25, 0.3) is 0 Å².